The van der Waals surface area contributed by atoms with Crippen LogP contribution in [-0.2, 0) is 15.3 Å². The lowest BCUT2D eigenvalue weighted by atomic mass is 9.95. The van der Waals surface area contributed by atoms with Crippen molar-refractivity contribution in [3.63, 3.8) is 0 Å². The van der Waals surface area contributed by atoms with E-state index in [0.29, 0.717) is 49.5 Å². The molecule has 1 aromatic heterocycles. The minimum Gasteiger partial charge on any atom is -0.454 e. The van der Waals surface area contributed by atoms with Gasteiger partial charge >= 0.3 is 0 Å². The highest BCUT2D eigenvalue weighted by Gasteiger charge is 2.27. The van der Waals surface area contributed by atoms with Gasteiger partial charge in [0.05, 0.1) is 10.7 Å². The summed E-state index contributed by atoms with van der Waals surface area (Å²) in [4.78, 5) is 31.4. The Kier molecular flexibility index (Phi) is 6.79. The average Bonchev–Trinajstić information content (AvgIpc) is 3.39. The molecule has 0 bridgehead atoms. The lowest BCUT2D eigenvalue weighted by molar-refractivity contribution is -0.134. The number of anilines is 1. The van der Waals surface area contributed by atoms with Crippen LogP contribution in [0.3, 0.4) is 0 Å². The predicted molar refractivity (Wildman–Crippen MR) is 118 cm³/mol. The fraction of sp³-hybridized carbons (Fsp3) is 0.476. The standard InChI is InChI=1S/C21H25N3O4S2/c1-14-22-17(12-30-14)11-29-9-6-20(25)24-7-4-15(5-8-24)21(26)23-16-2-3-18-19(10-16)28-13-27-18/h2-3,10,12,15H,4-9,11,13H2,1H3,(H,23,26). The van der Waals surface area contributed by atoms with Crippen LogP contribution >= 0.6 is 23.1 Å². The largest absolute Gasteiger partial charge is 0.454 e. The van der Waals surface area contributed by atoms with Crippen molar-refractivity contribution in [1.82, 2.24) is 9.88 Å². The molecule has 9 heteroatoms. The number of rotatable bonds is 7. The molecule has 4 rings (SSSR count). The number of piperidine rings is 1. The van der Waals surface area contributed by atoms with Crippen molar-refractivity contribution < 1.29 is 19.1 Å². The lowest BCUT2D eigenvalue weighted by Gasteiger charge is -2.31. The van der Waals surface area contributed by atoms with Crippen LogP contribution in [0.5, 0.6) is 11.5 Å². The van der Waals surface area contributed by atoms with Crippen molar-refractivity contribution in [2.75, 3.05) is 31.0 Å². The molecule has 2 aliphatic rings. The number of carbonyl (C=O) groups excluding carboxylic acids is 2. The maximum Gasteiger partial charge on any atom is 0.231 e. The number of carbonyl (C=O) groups is 2. The van der Waals surface area contributed by atoms with Gasteiger partial charge in [-0.25, -0.2) is 4.98 Å². The first-order valence-electron chi connectivity index (χ1n) is 10.1. The molecular formula is C21H25N3O4S2. The van der Waals surface area contributed by atoms with Crippen LogP contribution in [0.15, 0.2) is 23.6 Å². The van der Waals surface area contributed by atoms with E-state index in [4.69, 9.17) is 9.47 Å². The highest BCUT2D eigenvalue weighted by Crippen LogP contribution is 2.34. The highest BCUT2D eigenvalue weighted by molar-refractivity contribution is 7.98. The molecule has 1 aromatic carbocycles. The van der Waals surface area contributed by atoms with E-state index in [-0.39, 0.29) is 24.5 Å². The summed E-state index contributed by atoms with van der Waals surface area (Å²) >= 11 is 3.40. The molecule has 1 saturated heterocycles. The monoisotopic (exact) mass is 447 g/mol. The zero-order valence-electron chi connectivity index (χ0n) is 16.9. The van der Waals surface area contributed by atoms with Gasteiger partial charge in [-0.3, -0.25) is 9.59 Å². The number of benzene rings is 1. The first-order valence-corrected chi connectivity index (χ1v) is 12.1. The Morgan fingerprint density at radius 3 is 2.83 bits per heavy atom. The van der Waals surface area contributed by atoms with E-state index in [1.807, 2.05) is 17.9 Å². The van der Waals surface area contributed by atoms with Gasteiger partial charge in [-0.15, -0.1) is 11.3 Å². The number of nitrogens with zero attached hydrogens (tertiary/aromatic N) is 2. The zero-order valence-corrected chi connectivity index (χ0v) is 18.5. The van der Waals surface area contributed by atoms with Crippen LogP contribution in [0, 0.1) is 12.8 Å². The van der Waals surface area contributed by atoms with Gasteiger partial charge in [0, 0.05) is 54.1 Å². The Bertz CT molecular complexity index is 909. The summed E-state index contributed by atoms with van der Waals surface area (Å²) in [5, 5.41) is 6.11. The van der Waals surface area contributed by atoms with Crippen LogP contribution < -0.4 is 14.8 Å². The van der Waals surface area contributed by atoms with Gasteiger partial charge in [-0.2, -0.15) is 11.8 Å². The van der Waals surface area contributed by atoms with E-state index < -0.39 is 0 Å². The van der Waals surface area contributed by atoms with Gasteiger partial charge in [-0.1, -0.05) is 0 Å². The van der Waals surface area contributed by atoms with E-state index >= 15 is 0 Å². The van der Waals surface area contributed by atoms with Crippen LogP contribution in [0.4, 0.5) is 5.69 Å². The minimum atomic E-state index is -0.0817. The Morgan fingerprint density at radius 2 is 2.07 bits per heavy atom. The molecule has 2 aromatic rings. The molecule has 0 aliphatic carbocycles. The molecule has 0 atom stereocenters. The number of likely N-dealkylation sites (tertiary alicyclic amines) is 1. The van der Waals surface area contributed by atoms with Crippen LogP contribution in [0.1, 0.15) is 30.0 Å². The molecule has 2 amide bonds. The van der Waals surface area contributed by atoms with Crippen molar-refractivity contribution in [1.29, 1.82) is 0 Å². The topological polar surface area (TPSA) is 80.8 Å². The number of aromatic nitrogens is 1. The Morgan fingerprint density at radius 1 is 1.27 bits per heavy atom. The van der Waals surface area contributed by atoms with Gasteiger partial charge in [0.1, 0.15) is 0 Å². The molecule has 0 radical (unpaired) electrons. The second-order valence-corrected chi connectivity index (χ2v) is 9.54. The summed E-state index contributed by atoms with van der Waals surface area (Å²) in [7, 11) is 0. The summed E-state index contributed by atoms with van der Waals surface area (Å²) in [6, 6.07) is 5.39. The first-order chi connectivity index (χ1) is 14.6. The predicted octanol–water partition coefficient (Wildman–Crippen LogP) is 3.68. The van der Waals surface area contributed by atoms with Gasteiger partial charge in [0.15, 0.2) is 11.5 Å². The molecule has 7 nitrogen and oxygen atoms in total. The van der Waals surface area contributed by atoms with Gasteiger partial charge < -0.3 is 19.7 Å². The Labute approximate surface area is 184 Å². The fourth-order valence-corrected chi connectivity index (χ4v) is 5.12. The summed E-state index contributed by atoms with van der Waals surface area (Å²) in [5.41, 5.74) is 1.79. The fourth-order valence-electron chi connectivity index (χ4n) is 3.58. The van der Waals surface area contributed by atoms with Crippen LogP contribution in [-0.4, -0.2) is 47.3 Å². The van der Waals surface area contributed by atoms with E-state index in [1.165, 1.54) is 0 Å². The van der Waals surface area contributed by atoms with Gasteiger partial charge in [0.2, 0.25) is 18.6 Å². The maximum atomic E-state index is 12.6. The van der Waals surface area contributed by atoms with Gasteiger partial charge in [0.25, 0.3) is 0 Å². The molecule has 3 heterocycles. The second-order valence-electron chi connectivity index (χ2n) is 7.37. The number of thiazole rings is 1. The van der Waals surface area contributed by atoms with Crippen molar-refractivity contribution >= 4 is 40.6 Å². The molecular weight excluding hydrogens is 422 g/mol. The van der Waals surface area contributed by atoms with E-state index in [9.17, 15) is 9.59 Å². The van der Waals surface area contributed by atoms with E-state index in [0.717, 1.165) is 22.2 Å². The average molecular weight is 448 g/mol. The number of thioether (sulfide) groups is 1. The number of nitrogens with one attached hydrogen (secondary N) is 1. The van der Waals surface area contributed by atoms with Crippen molar-refractivity contribution in [3.8, 4) is 11.5 Å². The first kappa shape index (κ1) is 21.0. The van der Waals surface area contributed by atoms with Crippen molar-refractivity contribution in [3.05, 3.63) is 34.3 Å². The number of amides is 2. The lowest BCUT2D eigenvalue weighted by Crippen LogP contribution is -2.41. The minimum absolute atomic E-state index is 0.00456. The number of fused-ring (bicyclic) bond motifs is 1. The summed E-state index contributed by atoms with van der Waals surface area (Å²) < 4.78 is 10.6. The van der Waals surface area contributed by atoms with Crippen molar-refractivity contribution in [2.45, 2.75) is 31.9 Å². The molecule has 30 heavy (non-hydrogen) atoms. The van der Waals surface area contributed by atoms with Crippen LogP contribution in [0.25, 0.3) is 0 Å². The summed E-state index contributed by atoms with van der Waals surface area (Å²) in [6.07, 6.45) is 1.91. The number of hydrogen-bond acceptors (Lipinski definition) is 7. The number of ether oxygens (including phenoxy) is 2. The van der Waals surface area contributed by atoms with Crippen molar-refractivity contribution in [2.24, 2.45) is 5.92 Å². The molecule has 0 unspecified atom stereocenters. The molecule has 2 aliphatic heterocycles. The molecule has 0 saturated carbocycles. The molecule has 1 N–H and O–H groups in total. The third-order valence-electron chi connectivity index (χ3n) is 5.24. The quantitative estimate of drug-likeness (QED) is 0.652. The van der Waals surface area contributed by atoms with E-state index in [2.05, 4.69) is 15.7 Å². The summed E-state index contributed by atoms with van der Waals surface area (Å²) in [6.45, 7) is 3.48. The number of aryl methyl sites for hydroxylation is 1. The van der Waals surface area contributed by atoms with E-state index in [1.54, 1.807) is 35.2 Å². The van der Waals surface area contributed by atoms with Crippen LogP contribution in [0.2, 0.25) is 0 Å². The highest BCUT2D eigenvalue weighted by atomic mass is 32.2. The third-order valence-corrected chi connectivity index (χ3v) is 7.05. The normalized spacial score (nSPS) is 16.0. The zero-order chi connectivity index (χ0) is 20.9. The second kappa shape index (κ2) is 9.70. The third kappa shape index (κ3) is 5.26. The molecule has 160 valence electrons. The Balaban J connectivity index is 1.16. The summed E-state index contributed by atoms with van der Waals surface area (Å²) in [5.74, 6) is 3.07. The molecule has 1 fully saturated rings. The molecule has 0 spiro atoms. The smallest absolute Gasteiger partial charge is 0.231 e. The maximum absolute atomic E-state index is 12.6. The van der Waals surface area contributed by atoms with Gasteiger partial charge in [-0.05, 0) is 31.9 Å². The Hall–Kier alpha value is -2.26. The SMILES string of the molecule is Cc1nc(CSCCC(=O)N2CCC(C(=O)Nc3ccc4c(c3)OCO4)CC2)cs1. The number of hydrogen-bond donors (Lipinski definition) is 1.